The topological polar surface area (TPSA) is 112 Å². The number of hydrogen-bond acceptors (Lipinski definition) is 7. The third-order valence-electron chi connectivity index (χ3n) is 3.68. The fourth-order valence-corrected chi connectivity index (χ4v) is 3.45. The molecule has 2 aromatic heterocycles. The molecule has 140 valence electrons. The van der Waals surface area contributed by atoms with Gasteiger partial charge in [0.2, 0.25) is 16.7 Å². The number of aromatic nitrogens is 1. The summed E-state index contributed by atoms with van der Waals surface area (Å²) in [6.07, 6.45) is 0. The number of rotatable bonds is 6. The fraction of sp³-hybridized carbons (Fsp3) is 0.222. The molecule has 0 bridgehead atoms. The van der Waals surface area contributed by atoms with Gasteiger partial charge < -0.3 is 14.2 Å². The third kappa shape index (κ3) is 3.66. The van der Waals surface area contributed by atoms with Gasteiger partial charge in [-0.25, -0.2) is 0 Å². The van der Waals surface area contributed by atoms with Gasteiger partial charge in [-0.1, -0.05) is 18.2 Å². The summed E-state index contributed by atoms with van der Waals surface area (Å²) < 4.78 is 37.7. The van der Waals surface area contributed by atoms with E-state index in [9.17, 15) is 13.7 Å². The zero-order valence-corrected chi connectivity index (χ0v) is 15.8. The highest BCUT2D eigenvalue weighted by Gasteiger charge is 2.27. The Kier molecular flexibility index (Phi) is 4.92. The largest absolute Gasteiger partial charge is 0.438 e. The summed E-state index contributed by atoms with van der Waals surface area (Å²) in [6.45, 7) is 3.78. The van der Waals surface area contributed by atoms with Crippen molar-refractivity contribution < 1.29 is 17.3 Å². The van der Waals surface area contributed by atoms with Gasteiger partial charge in [0.15, 0.2) is 5.76 Å². The highest BCUT2D eigenvalue weighted by atomic mass is 32.2. The molecule has 2 heterocycles. The van der Waals surface area contributed by atoms with Crippen molar-refractivity contribution in [2.24, 2.45) is 0 Å². The van der Waals surface area contributed by atoms with Crippen LogP contribution >= 0.6 is 0 Å². The van der Waals surface area contributed by atoms with E-state index >= 15 is 0 Å². The van der Waals surface area contributed by atoms with Crippen LogP contribution in [0.4, 0.5) is 11.6 Å². The number of oxazole rings is 1. The average molecular weight is 386 g/mol. The quantitative estimate of drug-likeness (QED) is 0.690. The van der Waals surface area contributed by atoms with Crippen LogP contribution in [-0.4, -0.2) is 26.5 Å². The maximum Gasteiger partial charge on any atom is 0.297 e. The predicted molar refractivity (Wildman–Crippen MR) is 99.7 cm³/mol. The molecule has 27 heavy (non-hydrogen) atoms. The minimum Gasteiger partial charge on any atom is -0.438 e. The molecule has 0 saturated heterocycles. The van der Waals surface area contributed by atoms with Crippen LogP contribution < -0.4 is 9.62 Å². The van der Waals surface area contributed by atoms with Crippen LogP contribution in [0.3, 0.4) is 0 Å². The van der Waals surface area contributed by atoms with Gasteiger partial charge in [0.25, 0.3) is 15.9 Å². The predicted octanol–water partition coefficient (Wildman–Crippen LogP) is 3.45. The second-order valence-corrected chi connectivity index (χ2v) is 7.93. The van der Waals surface area contributed by atoms with Crippen LogP contribution in [0.25, 0.3) is 11.7 Å². The van der Waals surface area contributed by atoms with Gasteiger partial charge in [-0.15, -0.1) is 0 Å². The molecule has 1 N–H and O–H groups in total. The monoisotopic (exact) mass is 386 g/mol. The van der Waals surface area contributed by atoms with Crippen molar-refractivity contribution >= 4 is 21.6 Å². The zero-order chi connectivity index (χ0) is 19.6. The summed E-state index contributed by atoms with van der Waals surface area (Å²) in [7, 11) is -2.45. The third-order valence-corrected chi connectivity index (χ3v) is 5.34. The smallest absolute Gasteiger partial charge is 0.297 e. The molecule has 0 saturated carbocycles. The molecule has 1 aromatic carbocycles. The van der Waals surface area contributed by atoms with E-state index in [1.807, 2.05) is 19.9 Å². The summed E-state index contributed by atoms with van der Waals surface area (Å²) in [4.78, 5) is 4.06. The molecule has 9 heteroatoms. The lowest BCUT2D eigenvalue weighted by atomic mass is 10.3. The first-order chi connectivity index (χ1) is 12.8. The molecule has 8 nitrogen and oxygen atoms in total. The Hall–Kier alpha value is -3.25. The van der Waals surface area contributed by atoms with Crippen molar-refractivity contribution in [2.75, 3.05) is 16.7 Å². The van der Waals surface area contributed by atoms with Gasteiger partial charge >= 0.3 is 0 Å². The normalized spacial score (nSPS) is 11.4. The Bertz CT molecular complexity index is 1080. The molecule has 0 fully saturated rings. The van der Waals surface area contributed by atoms with E-state index in [1.165, 1.54) is 19.2 Å². The van der Waals surface area contributed by atoms with Crippen LogP contribution in [0.5, 0.6) is 0 Å². The van der Waals surface area contributed by atoms with Gasteiger partial charge in [0.05, 0.1) is 5.69 Å². The van der Waals surface area contributed by atoms with Gasteiger partial charge in [0.1, 0.15) is 6.07 Å². The molecule has 0 unspecified atom stereocenters. The van der Waals surface area contributed by atoms with Crippen molar-refractivity contribution in [3.63, 3.8) is 0 Å². The second kappa shape index (κ2) is 7.17. The molecular weight excluding hydrogens is 368 g/mol. The molecule has 0 aliphatic heterocycles. The number of furan rings is 1. The van der Waals surface area contributed by atoms with E-state index in [2.05, 4.69) is 10.3 Å². The summed E-state index contributed by atoms with van der Waals surface area (Å²) >= 11 is 0. The Morgan fingerprint density at radius 2 is 1.85 bits per heavy atom. The molecule has 0 aliphatic carbocycles. The number of hydrogen-bond donors (Lipinski definition) is 1. The first-order valence-corrected chi connectivity index (χ1v) is 9.58. The van der Waals surface area contributed by atoms with Crippen molar-refractivity contribution in [1.29, 1.82) is 5.26 Å². The average Bonchev–Trinajstić information content (AvgIpc) is 3.28. The van der Waals surface area contributed by atoms with E-state index in [4.69, 9.17) is 8.83 Å². The van der Waals surface area contributed by atoms with Crippen LogP contribution in [0.15, 0.2) is 56.4 Å². The number of nitriles is 1. The van der Waals surface area contributed by atoms with E-state index in [0.29, 0.717) is 5.69 Å². The summed E-state index contributed by atoms with van der Waals surface area (Å²) in [5.41, 5.74) is 0.572. The van der Waals surface area contributed by atoms with Crippen LogP contribution in [-0.2, 0) is 10.0 Å². The Morgan fingerprint density at radius 3 is 2.48 bits per heavy atom. The van der Waals surface area contributed by atoms with E-state index in [1.54, 1.807) is 30.3 Å². The van der Waals surface area contributed by atoms with Crippen molar-refractivity contribution in [3.8, 4) is 17.7 Å². The van der Waals surface area contributed by atoms with Crippen LogP contribution in [0.1, 0.15) is 19.5 Å². The zero-order valence-electron chi connectivity index (χ0n) is 15.0. The second-order valence-electron chi connectivity index (χ2n) is 6.03. The first kappa shape index (κ1) is 18.5. The summed E-state index contributed by atoms with van der Waals surface area (Å²) in [5.74, 6) is 0.353. The van der Waals surface area contributed by atoms with Gasteiger partial charge in [-0.3, -0.25) is 4.31 Å². The summed E-state index contributed by atoms with van der Waals surface area (Å²) in [5, 5.41) is 11.9. The minimum atomic E-state index is -3.89. The maximum atomic E-state index is 12.8. The van der Waals surface area contributed by atoms with Crippen molar-refractivity contribution in [1.82, 2.24) is 4.98 Å². The lowest BCUT2D eigenvalue weighted by Gasteiger charge is -2.17. The lowest BCUT2D eigenvalue weighted by Crippen LogP contribution is -2.26. The standard InChI is InChI=1S/C18H18N4O4S/c1-12(2)20-17-14(11-19)21-18(26-17)15-9-10-16(25-15)27(23,24)22(3)13-7-5-4-6-8-13/h4-10,12,20H,1-3H3. The van der Waals surface area contributed by atoms with Crippen molar-refractivity contribution in [3.05, 3.63) is 48.2 Å². The number of nitrogens with zero attached hydrogens (tertiary/aromatic N) is 3. The van der Waals surface area contributed by atoms with Gasteiger partial charge in [-0.2, -0.15) is 18.7 Å². The Balaban J connectivity index is 1.93. The van der Waals surface area contributed by atoms with E-state index < -0.39 is 10.0 Å². The first-order valence-electron chi connectivity index (χ1n) is 8.14. The number of sulfonamides is 1. The molecule has 3 aromatic rings. The Labute approximate surface area is 157 Å². The fourth-order valence-electron chi connectivity index (χ4n) is 2.35. The van der Waals surface area contributed by atoms with Crippen LogP contribution in [0.2, 0.25) is 0 Å². The van der Waals surface area contributed by atoms with E-state index in [0.717, 1.165) is 4.31 Å². The molecule has 0 spiro atoms. The highest BCUT2D eigenvalue weighted by molar-refractivity contribution is 7.92. The molecule has 0 atom stereocenters. The Morgan fingerprint density at radius 1 is 1.15 bits per heavy atom. The summed E-state index contributed by atoms with van der Waals surface area (Å²) in [6, 6.07) is 13.4. The maximum absolute atomic E-state index is 12.8. The number of para-hydroxylation sites is 1. The highest BCUT2D eigenvalue weighted by Crippen LogP contribution is 2.30. The van der Waals surface area contributed by atoms with Gasteiger partial charge in [-0.05, 0) is 38.1 Å². The van der Waals surface area contributed by atoms with Crippen LogP contribution in [0, 0.1) is 11.3 Å². The molecule has 0 radical (unpaired) electrons. The van der Waals surface area contributed by atoms with E-state index in [-0.39, 0.29) is 34.4 Å². The number of anilines is 2. The van der Waals surface area contributed by atoms with Gasteiger partial charge in [0, 0.05) is 13.1 Å². The molecule has 0 amide bonds. The number of benzene rings is 1. The lowest BCUT2D eigenvalue weighted by molar-refractivity contribution is 0.443. The molecule has 3 rings (SSSR count). The molecule has 0 aliphatic rings. The SMILES string of the molecule is CC(C)Nc1oc(-c2ccc(S(=O)(=O)N(C)c3ccccc3)o2)nc1C#N. The minimum absolute atomic E-state index is 0.0264. The van der Waals surface area contributed by atoms with Crippen molar-refractivity contribution in [2.45, 2.75) is 25.0 Å². The molecular formula is C18H18N4O4S. The number of nitrogens with one attached hydrogen (secondary N) is 1.